The van der Waals surface area contributed by atoms with Crippen molar-refractivity contribution < 1.29 is 34.8 Å². The molecule has 1 amide bonds. The Morgan fingerprint density at radius 3 is 2.29 bits per heavy atom. The van der Waals surface area contributed by atoms with Gasteiger partial charge in [0.05, 0.1) is 17.6 Å². The Bertz CT molecular complexity index is 1750. The van der Waals surface area contributed by atoms with Gasteiger partial charge >= 0.3 is 0 Å². The number of anilines is 1. The summed E-state index contributed by atoms with van der Waals surface area (Å²) in [6.45, 7) is 4.43. The van der Waals surface area contributed by atoms with Crippen molar-refractivity contribution in [3.8, 4) is 5.75 Å². The smallest absolute Gasteiger partial charge is 0.255 e. The van der Waals surface area contributed by atoms with Crippen LogP contribution in [0.25, 0.3) is 5.76 Å². The van der Waals surface area contributed by atoms with Crippen LogP contribution in [0.3, 0.4) is 0 Å². The van der Waals surface area contributed by atoms with Gasteiger partial charge in [-0.3, -0.25) is 19.3 Å². The topological polar surface area (TPSA) is 180 Å². The predicted octanol–water partition coefficient (Wildman–Crippen LogP) is 1.81. The van der Waals surface area contributed by atoms with E-state index in [0.29, 0.717) is 23.2 Å². The molecule has 3 aliphatic carbocycles. The number of nitrogens with one attached hydrogen (secondary N) is 1. The fourth-order valence-corrected chi connectivity index (χ4v) is 7.66. The third-order valence-corrected chi connectivity index (χ3v) is 10.1. The Morgan fingerprint density at radius 1 is 1.08 bits per heavy atom. The molecule has 0 saturated heterocycles. The van der Waals surface area contributed by atoms with Gasteiger partial charge in [0.15, 0.2) is 11.4 Å². The molecule has 1 unspecified atom stereocenters. The van der Waals surface area contributed by atoms with E-state index in [4.69, 9.17) is 5.73 Å². The molecule has 1 saturated carbocycles. The quantitative estimate of drug-likeness (QED) is 0.205. The number of carbonyl (C=O) groups excluding carboxylic acids is 3. The van der Waals surface area contributed by atoms with E-state index in [0.717, 1.165) is 11.3 Å². The van der Waals surface area contributed by atoms with Crippen LogP contribution in [-0.4, -0.2) is 108 Å². The molecule has 5 atom stereocenters. The minimum Gasteiger partial charge on any atom is -0.508 e. The van der Waals surface area contributed by atoms with Crippen LogP contribution in [0.1, 0.15) is 28.7 Å². The van der Waals surface area contributed by atoms with Crippen LogP contribution in [0.4, 0.5) is 5.69 Å². The lowest BCUT2D eigenvalue weighted by molar-refractivity contribution is -0.153. The average molecular weight is 660 g/mol. The standard InChI is InChI=1S/C36H45N5O7/c1-18(24(39(2)3)13-19-11-9-8-10-12-19)38-17-21-16-25(40(4)5)22-14-20-15-23-29(41(6)7)32(44)28(35(37)47)34(46)36(23,48)33(45)26(20)31(43)27(22)30(21)42/h8-12,16,20,23-24,29,38,42-43,46,48H,1,13-15,17H2,2-7H3,(H2,37,47)/t20-,23-,24?,29+,36-/m0/s1. The number of ketones is 2. The maximum absolute atomic E-state index is 14.2. The number of nitrogens with two attached hydrogens (primary N) is 1. The molecule has 0 aromatic heterocycles. The Labute approximate surface area is 280 Å². The monoisotopic (exact) mass is 659 g/mol. The highest BCUT2D eigenvalue weighted by molar-refractivity contribution is 6.24. The van der Waals surface area contributed by atoms with Gasteiger partial charge in [0.25, 0.3) is 5.91 Å². The third kappa shape index (κ3) is 5.53. The van der Waals surface area contributed by atoms with Gasteiger partial charge in [-0.05, 0) is 70.6 Å². The largest absolute Gasteiger partial charge is 0.508 e. The molecule has 256 valence electrons. The summed E-state index contributed by atoms with van der Waals surface area (Å²) in [5.41, 5.74) is 5.37. The summed E-state index contributed by atoms with van der Waals surface area (Å²) in [4.78, 5) is 45.3. The Balaban J connectivity index is 1.56. The van der Waals surface area contributed by atoms with Crippen molar-refractivity contribution in [2.75, 3.05) is 47.2 Å². The molecule has 12 nitrogen and oxygen atoms in total. The lowest BCUT2D eigenvalue weighted by atomic mass is 9.57. The maximum Gasteiger partial charge on any atom is 0.255 e. The molecule has 1 fully saturated rings. The zero-order valence-corrected chi connectivity index (χ0v) is 28.2. The van der Waals surface area contributed by atoms with Crippen molar-refractivity contribution in [2.45, 2.75) is 43.5 Å². The van der Waals surface area contributed by atoms with Crippen molar-refractivity contribution >= 4 is 28.9 Å². The van der Waals surface area contributed by atoms with Gasteiger partial charge < -0.3 is 41.3 Å². The number of phenols is 1. The van der Waals surface area contributed by atoms with Crippen LogP contribution >= 0.6 is 0 Å². The second kappa shape index (κ2) is 12.8. The number of nitrogens with zero attached hydrogens (tertiary/aromatic N) is 3. The van der Waals surface area contributed by atoms with Crippen molar-refractivity contribution in [1.29, 1.82) is 0 Å². The van der Waals surface area contributed by atoms with Crippen molar-refractivity contribution in [2.24, 2.45) is 17.6 Å². The van der Waals surface area contributed by atoms with E-state index in [9.17, 15) is 34.8 Å². The number of aliphatic hydroxyl groups is 3. The number of rotatable bonds is 10. The van der Waals surface area contributed by atoms with E-state index in [2.05, 4.69) is 16.8 Å². The highest BCUT2D eigenvalue weighted by Gasteiger charge is 2.64. The summed E-state index contributed by atoms with van der Waals surface area (Å²) in [6.07, 6.45) is 0.934. The number of aliphatic hydroxyl groups excluding tert-OH is 2. The second-order valence-corrected chi connectivity index (χ2v) is 13.7. The molecule has 7 N–H and O–H groups in total. The highest BCUT2D eigenvalue weighted by Crippen LogP contribution is 2.54. The Kier molecular flexibility index (Phi) is 9.21. The predicted molar refractivity (Wildman–Crippen MR) is 182 cm³/mol. The number of hydrogen-bond donors (Lipinski definition) is 6. The first-order valence-corrected chi connectivity index (χ1v) is 15.8. The number of likely N-dealkylation sites (N-methyl/N-ethyl adjacent to an activating group) is 2. The number of hydrogen-bond acceptors (Lipinski definition) is 11. The van der Waals surface area contributed by atoms with E-state index < -0.39 is 58.0 Å². The summed E-state index contributed by atoms with van der Waals surface area (Å²) in [5.74, 6) is -6.77. The zero-order chi connectivity index (χ0) is 35.4. The molecule has 12 heteroatoms. The fourth-order valence-electron chi connectivity index (χ4n) is 7.66. The van der Waals surface area contributed by atoms with E-state index in [1.807, 2.05) is 69.5 Å². The van der Waals surface area contributed by atoms with E-state index in [-0.39, 0.29) is 42.3 Å². The summed E-state index contributed by atoms with van der Waals surface area (Å²) in [6, 6.07) is 10.6. The van der Waals surface area contributed by atoms with Crippen LogP contribution in [0, 0.1) is 11.8 Å². The lowest BCUT2D eigenvalue weighted by Crippen LogP contribution is -2.65. The van der Waals surface area contributed by atoms with Crippen molar-refractivity contribution in [3.63, 3.8) is 0 Å². The van der Waals surface area contributed by atoms with Gasteiger partial charge in [-0.1, -0.05) is 36.9 Å². The van der Waals surface area contributed by atoms with Gasteiger partial charge in [0, 0.05) is 49.1 Å². The first-order chi connectivity index (χ1) is 22.5. The summed E-state index contributed by atoms with van der Waals surface area (Å²) >= 11 is 0. The highest BCUT2D eigenvalue weighted by atomic mass is 16.3. The Morgan fingerprint density at radius 2 is 1.73 bits per heavy atom. The minimum absolute atomic E-state index is 0.0237. The van der Waals surface area contributed by atoms with Crippen LogP contribution in [0.15, 0.2) is 65.6 Å². The molecule has 2 aromatic carbocycles. The molecular formula is C36H45N5O7. The molecule has 0 spiro atoms. The summed E-state index contributed by atoms with van der Waals surface area (Å²) in [5, 5.41) is 49.8. The lowest BCUT2D eigenvalue weighted by Gasteiger charge is -2.50. The zero-order valence-electron chi connectivity index (χ0n) is 28.2. The van der Waals surface area contributed by atoms with E-state index in [1.54, 1.807) is 14.1 Å². The summed E-state index contributed by atoms with van der Waals surface area (Å²) < 4.78 is 0. The molecule has 3 aliphatic rings. The van der Waals surface area contributed by atoms with Gasteiger partial charge in [-0.2, -0.15) is 0 Å². The van der Waals surface area contributed by atoms with Crippen LogP contribution in [0.5, 0.6) is 5.75 Å². The number of phenolic OH excluding ortho intramolecular Hbond substituents is 1. The first-order valence-electron chi connectivity index (χ1n) is 15.8. The fraction of sp³-hybridized carbons (Fsp3) is 0.417. The number of primary amides is 1. The number of Topliss-reactive ketones (excluding diaryl/α,β-unsaturated/α-hetero) is 2. The molecular weight excluding hydrogens is 614 g/mol. The van der Waals surface area contributed by atoms with Crippen LogP contribution in [0.2, 0.25) is 0 Å². The molecule has 0 heterocycles. The van der Waals surface area contributed by atoms with Crippen LogP contribution < -0.4 is 16.0 Å². The van der Waals surface area contributed by atoms with E-state index >= 15 is 0 Å². The van der Waals surface area contributed by atoms with Gasteiger partial charge in [0.1, 0.15) is 22.8 Å². The van der Waals surface area contributed by atoms with Gasteiger partial charge in [-0.25, -0.2) is 0 Å². The minimum atomic E-state index is -2.69. The molecule has 2 aromatic rings. The molecule has 0 radical (unpaired) electrons. The molecule has 0 bridgehead atoms. The normalized spacial score (nSPS) is 24.3. The van der Waals surface area contributed by atoms with Crippen molar-refractivity contribution in [1.82, 2.24) is 15.1 Å². The average Bonchev–Trinajstić information content (AvgIpc) is 3.01. The maximum atomic E-state index is 14.2. The Hall–Kier alpha value is -4.65. The van der Waals surface area contributed by atoms with Gasteiger partial charge in [-0.15, -0.1) is 0 Å². The molecule has 48 heavy (non-hydrogen) atoms. The van der Waals surface area contributed by atoms with Crippen LogP contribution in [-0.2, 0) is 33.8 Å². The van der Waals surface area contributed by atoms with Crippen molar-refractivity contribution in [3.05, 3.63) is 87.8 Å². The van der Waals surface area contributed by atoms with E-state index in [1.165, 1.54) is 4.90 Å². The number of carbonyl (C=O) groups is 3. The number of fused-ring (bicyclic) bond motifs is 3. The number of amides is 1. The summed E-state index contributed by atoms with van der Waals surface area (Å²) in [7, 11) is 10.7. The molecule has 5 rings (SSSR count). The van der Waals surface area contributed by atoms with Gasteiger partial charge in [0.2, 0.25) is 5.78 Å². The second-order valence-electron chi connectivity index (χ2n) is 13.7. The number of benzene rings is 2. The third-order valence-electron chi connectivity index (χ3n) is 10.1. The first kappa shape index (κ1) is 34.7. The molecule has 0 aliphatic heterocycles. The number of aromatic hydroxyl groups is 1. The SMILES string of the molecule is C=C(NCc1cc(N(C)C)c2c(c1O)C(O)=C1C(=O)[C@]3(O)C(O)=C(C(N)=O)C(=O)[C@H](N(C)C)[C@@H]3C[C@@H]1C2)C(Cc1ccccc1)N(C)C.